The number of aliphatic hydroxyl groups excluding tert-OH is 1. The van der Waals surface area contributed by atoms with Gasteiger partial charge in [0.25, 0.3) is 0 Å². The van der Waals surface area contributed by atoms with Gasteiger partial charge in [0.1, 0.15) is 0 Å². The molecule has 0 saturated carbocycles. The predicted molar refractivity (Wildman–Crippen MR) is 79.9 cm³/mol. The van der Waals surface area contributed by atoms with Gasteiger partial charge in [-0.2, -0.15) is 0 Å². The second-order valence-electron chi connectivity index (χ2n) is 4.95. The molecule has 112 valence electrons. The molecule has 6 nitrogen and oxygen atoms in total. The summed E-state index contributed by atoms with van der Waals surface area (Å²) in [4.78, 5) is 15.2. The number of aliphatic hydroxyl groups is 1. The lowest BCUT2D eigenvalue weighted by Gasteiger charge is -2.22. The van der Waals surface area contributed by atoms with Crippen LogP contribution in [0, 0.1) is 0 Å². The molecular formula is C15H19N3O3. The number of nitrogens with one attached hydrogen (secondary N) is 1. The van der Waals surface area contributed by atoms with E-state index in [1.54, 1.807) is 24.5 Å². The van der Waals surface area contributed by atoms with E-state index in [0.717, 1.165) is 11.0 Å². The fraction of sp³-hybridized carbons (Fsp3) is 0.333. The van der Waals surface area contributed by atoms with Crippen molar-refractivity contribution in [2.75, 3.05) is 6.54 Å². The predicted octanol–water partition coefficient (Wildman–Crippen LogP) is 1.23. The zero-order chi connectivity index (χ0) is 15.4. The molecule has 0 amide bonds. The van der Waals surface area contributed by atoms with Crippen molar-refractivity contribution in [3.63, 3.8) is 0 Å². The summed E-state index contributed by atoms with van der Waals surface area (Å²) in [6.45, 7) is 4.01. The molecule has 0 aliphatic carbocycles. The van der Waals surface area contributed by atoms with Crippen LogP contribution in [0.1, 0.15) is 18.1 Å². The number of aliphatic carboxylic acids is 1. The van der Waals surface area contributed by atoms with Crippen LogP contribution < -0.4 is 5.32 Å². The average molecular weight is 289 g/mol. The summed E-state index contributed by atoms with van der Waals surface area (Å²) < 4.78 is 1.89. The maximum absolute atomic E-state index is 10.9. The molecule has 1 heterocycles. The van der Waals surface area contributed by atoms with E-state index in [1.807, 2.05) is 17.7 Å². The van der Waals surface area contributed by atoms with Gasteiger partial charge in [-0.05, 0) is 17.7 Å². The molecule has 0 fully saturated rings. The lowest BCUT2D eigenvalue weighted by Crippen LogP contribution is -2.37. The molecule has 0 aliphatic heterocycles. The van der Waals surface area contributed by atoms with Crippen LogP contribution in [0.5, 0.6) is 0 Å². The van der Waals surface area contributed by atoms with Crippen LogP contribution >= 0.6 is 0 Å². The molecule has 21 heavy (non-hydrogen) atoms. The molecule has 3 N–H and O–H groups in total. The lowest BCUT2D eigenvalue weighted by molar-refractivity contribution is -0.138. The molecule has 6 heteroatoms. The van der Waals surface area contributed by atoms with Crippen molar-refractivity contribution < 1.29 is 15.0 Å². The van der Waals surface area contributed by atoms with E-state index in [9.17, 15) is 9.90 Å². The van der Waals surface area contributed by atoms with E-state index >= 15 is 0 Å². The van der Waals surface area contributed by atoms with E-state index in [0.29, 0.717) is 12.1 Å². The van der Waals surface area contributed by atoms with Crippen molar-refractivity contribution in [3.8, 4) is 0 Å². The average Bonchev–Trinajstić information content (AvgIpc) is 2.83. The third kappa shape index (κ3) is 3.48. The van der Waals surface area contributed by atoms with Crippen molar-refractivity contribution in [1.29, 1.82) is 0 Å². The molecular weight excluding hydrogens is 270 g/mol. The van der Waals surface area contributed by atoms with Crippen molar-refractivity contribution >= 4 is 17.0 Å². The summed E-state index contributed by atoms with van der Waals surface area (Å²) in [5, 5.41) is 22.4. The topological polar surface area (TPSA) is 87.4 Å². The zero-order valence-electron chi connectivity index (χ0n) is 11.9. The summed E-state index contributed by atoms with van der Waals surface area (Å²) >= 11 is 0. The van der Waals surface area contributed by atoms with E-state index in [1.165, 1.54) is 0 Å². The highest BCUT2D eigenvalue weighted by molar-refractivity contribution is 5.76. The Morgan fingerprint density at radius 3 is 3.00 bits per heavy atom. The Bertz CT molecular complexity index is 651. The molecule has 0 saturated heterocycles. The van der Waals surface area contributed by atoms with Gasteiger partial charge in [0, 0.05) is 19.6 Å². The van der Waals surface area contributed by atoms with E-state index in [2.05, 4.69) is 16.9 Å². The Morgan fingerprint density at radius 2 is 2.33 bits per heavy atom. The number of hydrogen-bond acceptors (Lipinski definition) is 4. The van der Waals surface area contributed by atoms with Gasteiger partial charge in [-0.15, -0.1) is 6.58 Å². The minimum Gasteiger partial charge on any atom is -0.481 e. The highest BCUT2D eigenvalue weighted by Gasteiger charge is 2.23. The largest absolute Gasteiger partial charge is 0.481 e. The Labute approximate surface area is 122 Å². The van der Waals surface area contributed by atoms with Gasteiger partial charge in [-0.25, -0.2) is 4.98 Å². The number of imidazole rings is 1. The molecule has 2 aromatic rings. The van der Waals surface area contributed by atoms with Gasteiger partial charge in [0.2, 0.25) is 0 Å². The Balaban J connectivity index is 2.25. The Hall–Kier alpha value is -2.18. The molecule has 2 unspecified atom stereocenters. The summed E-state index contributed by atoms with van der Waals surface area (Å²) in [7, 11) is 1.89. The number of hydrogen-bond donors (Lipinski definition) is 3. The van der Waals surface area contributed by atoms with Crippen LogP contribution in [-0.2, 0) is 11.8 Å². The second kappa shape index (κ2) is 6.51. The monoisotopic (exact) mass is 289 g/mol. The molecule has 0 aliphatic rings. The van der Waals surface area contributed by atoms with Crippen LogP contribution in [0.4, 0.5) is 0 Å². The van der Waals surface area contributed by atoms with E-state index in [4.69, 9.17) is 5.11 Å². The first-order valence-electron chi connectivity index (χ1n) is 6.68. The summed E-state index contributed by atoms with van der Waals surface area (Å²) in [5.41, 5.74) is 2.37. The maximum Gasteiger partial charge on any atom is 0.305 e. The minimum atomic E-state index is -0.963. The van der Waals surface area contributed by atoms with Crippen molar-refractivity contribution in [2.24, 2.45) is 7.05 Å². The smallest absolute Gasteiger partial charge is 0.305 e. The Kier molecular flexibility index (Phi) is 4.72. The first-order valence-corrected chi connectivity index (χ1v) is 6.68. The highest BCUT2D eigenvalue weighted by Crippen LogP contribution is 2.23. The minimum absolute atomic E-state index is 0.171. The summed E-state index contributed by atoms with van der Waals surface area (Å²) in [6, 6.07) is 4.86. The van der Waals surface area contributed by atoms with Gasteiger partial charge >= 0.3 is 5.97 Å². The fourth-order valence-electron chi connectivity index (χ4n) is 2.29. The fourth-order valence-corrected chi connectivity index (χ4v) is 2.29. The van der Waals surface area contributed by atoms with E-state index in [-0.39, 0.29) is 6.42 Å². The molecule has 0 spiro atoms. The Morgan fingerprint density at radius 1 is 1.57 bits per heavy atom. The number of nitrogens with zero attached hydrogens (tertiary/aromatic N) is 2. The van der Waals surface area contributed by atoms with Gasteiger partial charge in [0.15, 0.2) is 0 Å². The third-order valence-corrected chi connectivity index (χ3v) is 3.39. The molecule has 1 aromatic carbocycles. The number of aryl methyl sites for hydroxylation is 1. The molecule has 1 aromatic heterocycles. The maximum atomic E-state index is 10.9. The summed E-state index contributed by atoms with van der Waals surface area (Å²) in [6.07, 6.45) is 2.23. The first kappa shape index (κ1) is 15.2. The van der Waals surface area contributed by atoms with Gasteiger partial charge in [-0.1, -0.05) is 12.1 Å². The molecule has 0 bridgehead atoms. The normalized spacial score (nSPS) is 14.0. The van der Waals surface area contributed by atoms with Crippen LogP contribution in [0.3, 0.4) is 0 Å². The van der Waals surface area contributed by atoms with Gasteiger partial charge < -0.3 is 20.1 Å². The highest BCUT2D eigenvalue weighted by atomic mass is 16.4. The number of rotatable bonds is 7. The number of carboxylic acid groups (broad SMARTS) is 1. The van der Waals surface area contributed by atoms with Crippen LogP contribution in [-0.4, -0.2) is 38.3 Å². The number of carboxylic acids is 1. The van der Waals surface area contributed by atoms with E-state index < -0.39 is 18.1 Å². The van der Waals surface area contributed by atoms with Crippen LogP contribution in [0.2, 0.25) is 0 Å². The number of carbonyl (C=O) groups is 1. The van der Waals surface area contributed by atoms with Crippen LogP contribution in [0.15, 0.2) is 37.2 Å². The number of aromatic nitrogens is 2. The quantitative estimate of drug-likeness (QED) is 0.667. The van der Waals surface area contributed by atoms with Crippen molar-refractivity contribution in [3.05, 3.63) is 42.7 Å². The molecule has 2 atom stereocenters. The standard InChI is InChI=1S/C15H19N3O3/c1-3-6-16-12(8-14(19)20)15(21)10-4-5-13-11(7-10)17-9-18(13)2/h3-5,7,9,12,15-16,21H,1,6,8H2,2H3,(H,19,20). The first-order chi connectivity index (χ1) is 10.0. The number of fused-ring (bicyclic) bond motifs is 1. The van der Waals surface area contributed by atoms with Crippen LogP contribution in [0.25, 0.3) is 11.0 Å². The molecule has 0 radical (unpaired) electrons. The second-order valence-corrected chi connectivity index (χ2v) is 4.95. The zero-order valence-corrected chi connectivity index (χ0v) is 11.9. The van der Waals surface area contributed by atoms with Crippen molar-refractivity contribution in [2.45, 2.75) is 18.6 Å². The third-order valence-electron chi connectivity index (χ3n) is 3.39. The number of benzene rings is 1. The summed E-state index contributed by atoms with van der Waals surface area (Å²) in [5.74, 6) is -0.963. The van der Waals surface area contributed by atoms with Crippen molar-refractivity contribution in [1.82, 2.24) is 14.9 Å². The lowest BCUT2D eigenvalue weighted by atomic mass is 9.99. The van der Waals surface area contributed by atoms with Gasteiger partial charge in [-0.3, -0.25) is 4.79 Å². The molecule has 2 rings (SSSR count). The van der Waals surface area contributed by atoms with Gasteiger partial charge in [0.05, 0.1) is 29.9 Å². The SMILES string of the molecule is C=CCNC(CC(=O)O)C(O)c1ccc2c(c1)ncn2C.